The second-order valence-corrected chi connectivity index (χ2v) is 2.86. The van der Waals surface area contributed by atoms with Gasteiger partial charge >= 0.3 is 5.97 Å². The molecule has 14 heavy (non-hydrogen) atoms. The predicted octanol–water partition coefficient (Wildman–Crippen LogP) is 1.79. The Morgan fingerprint density at radius 1 is 1.79 bits per heavy atom. The fourth-order valence-corrected chi connectivity index (χ4v) is 1.17. The molecule has 1 aromatic heterocycles. The fourth-order valence-electron chi connectivity index (χ4n) is 0.955. The second kappa shape index (κ2) is 4.53. The normalized spacial score (nSPS) is 9.14. The van der Waals surface area contributed by atoms with Crippen LogP contribution in [0, 0.1) is 15.8 Å². The van der Waals surface area contributed by atoms with Crippen LogP contribution >= 0.6 is 12.2 Å². The molecule has 4 nitrogen and oxygen atoms in total. The van der Waals surface area contributed by atoms with Crippen molar-refractivity contribution in [3.63, 3.8) is 0 Å². The van der Waals surface area contributed by atoms with Gasteiger partial charge in [0.05, 0.1) is 11.1 Å². The van der Waals surface area contributed by atoms with Crippen molar-refractivity contribution in [1.82, 2.24) is 4.98 Å². The van der Waals surface area contributed by atoms with Gasteiger partial charge in [-0.25, -0.2) is 4.79 Å². The zero-order valence-electron chi connectivity index (χ0n) is 7.53. The highest BCUT2D eigenvalue weighted by molar-refractivity contribution is 7.71. The molecule has 72 valence electrons. The number of hydrogen-bond donors (Lipinski definition) is 1. The van der Waals surface area contributed by atoms with E-state index in [0.717, 1.165) is 0 Å². The molecule has 0 amide bonds. The molecule has 0 aliphatic heterocycles. The van der Waals surface area contributed by atoms with Gasteiger partial charge in [-0.05, 0) is 13.0 Å². The van der Waals surface area contributed by atoms with Gasteiger partial charge in [-0.3, -0.25) is 0 Å². The quantitative estimate of drug-likeness (QED) is 0.594. The number of nitrogens with one attached hydrogen (secondary N) is 1. The first kappa shape index (κ1) is 10.4. The second-order valence-electron chi connectivity index (χ2n) is 2.42. The van der Waals surface area contributed by atoms with E-state index in [1.54, 1.807) is 13.0 Å². The Hall–Kier alpha value is -1.67. The van der Waals surface area contributed by atoms with E-state index in [2.05, 4.69) is 4.98 Å². The average molecular weight is 208 g/mol. The highest BCUT2D eigenvalue weighted by Crippen LogP contribution is 2.07. The Morgan fingerprint density at radius 3 is 3.07 bits per heavy atom. The van der Waals surface area contributed by atoms with Crippen LogP contribution in [0.5, 0.6) is 0 Å². The maximum atomic E-state index is 11.3. The van der Waals surface area contributed by atoms with Gasteiger partial charge in [0.2, 0.25) is 0 Å². The predicted molar refractivity (Wildman–Crippen MR) is 52.3 cm³/mol. The lowest BCUT2D eigenvalue weighted by molar-refractivity contribution is 0.0519. The van der Waals surface area contributed by atoms with Gasteiger partial charge in [-0.1, -0.05) is 12.2 Å². The molecule has 1 heterocycles. The molecule has 0 unspecified atom stereocenters. The van der Waals surface area contributed by atoms with Gasteiger partial charge in [-0.15, -0.1) is 0 Å². The van der Waals surface area contributed by atoms with Crippen LogP contribution in [0.1, 0.15) is 23.0 Å². The summed E-state index contributed by atoms with van der Waals surface area (Å²) in [5.41, 5.74) is 0.266. The Morgan fingerprint density at radius 2 is 2.50 bits per heavy atom. The molecule has 0 fully saturated rings. The molecule has 0 bridgehead atoms. The van der Waals surface area contributed by atoms with Gasteiger partial charge < -0.3 is 9.72 Å². The zero-order chi connectivity index (χ0) is 10.6. The number of aromatic nitrogens is 1. The third-order valence-corrected chi connectivity index (χ3v) is 1.89. The summed E-state index contributed by atoms with van der Waals surface area (Å²) in [6.45, 7) is 1.96. The minimum absolute atomic E-state index is 0.113. The topological polar surface area (TPSA) is 65.9 Å². The van der Waals surface area contributed by atoms with Gasteiger partial charge in [0.25, 0.3) is 0 Å². The lowest BCUT2D eigenvalue weighted by atomic mass is 10.2. The molecule has 0 aromatic carbocycles. The van der Waals surface area contributed by atoms with Crippen molar-refractivity contribution in [3.05, 3.63) is 28.0 Å². The Bertz CT molecular complexity index is 445. The summed E-state index contributed by atoms with van der Waals surface area (Å²) < 4.78 is 5.10. The molecule has 0 aliphatic carbocycles. The number of carbonyl (C=O) groups excluding carboxylic acids is 1. The maximum absolute atomic E-state index is 11.3. The molecule has 0 atom stereocenters. The summed E-state index contributed by atoms with van der Waals surface area (Å²) >= 11 is 4.89. The lowest BCUT2D eigenvalue weighted by Crippen LogP contribution is -2.09. The van der Waals surface area contributed by atoms with Crippen molar-refractivity contribution in [2.45, 2.75) is 6.92 Å². The summed E-state index contributed by atoms with van der Waals surface area (Å²) in [7, 11) is 0. The number of nitrogens with zero attached hydrogens (tertiary/aromatic N) is 1. The average Bonchev–Trinajstić information content (AvgIpc) is 2.17. The molecular weight excluding hydrogens is 200 g/mol. The van der Waals surface area contributed by atoms with Crippen molar-refractivity contribution >= 4 is 18.2 Å². The molecule has 0 spiro atoms. The number of hydrogen-bond acceptors (Lipinski definition) is 4. The highest BCUT2D eigenvalue weighted by atomic mass is 32.1. The summed E-state index contributed by atoms with van der Waals surface area (Å²) in [6, 6.07) is 3.42. The molecule has 1 aromatic rings. The number of aromatic amines is 1. The van der Waals surface area contributed by atoms with Crippen molar-refractivity contribution in [3.8, 4) is 6.07 Å². The van der Waals surface area contributed by atoms with E-state index < -0.39 is 5.97 Å². The van der Waals surface area contributed by atoms with Crippen LogP contribution in [0.4, 0.5) is 0 Å². The van der Waals surface area contributed by atoms with Crippen LogP contribution in [-0.2, 0) is 4.74 Å². The summed E-state index contributed by atoms with van der Waals surface area (Å²) in [5, 5.41) is 8.77. The lowest BCUT2D eigenvalue weighted by Gasteiger charge is -2.02. The molecule has 0 saturated heterocycles. The van der Waals surface area contributed by atoms with Crippen molar-refractivity contribution in [2.24, 2.45) is 0 Å². The van der Waals surface area contributed by atoms with Crippen LogP contribution in [-0.4, -0.2) is 17.6 Å². The Balaban J connectivity index is 3.22. The van der Waals surface area contributed by atoms with Crippen LogP contribution in [0.2, 0.25) is 0 Å². The van der Waals surface area contributed by atoms with Gasteiger partial charge in [-0.2, -0.15) is 5.26 Å². The van der Waals surface area contributed by atoms with E-state index in [1.165, 1.54) is 6.20 Å². The Labute approximate surface area is 86.1 Å². The number of rotatable bonds is 2. The third kappa shape index (κ3) is 1.98. The SMILES string of the molecule is CCOC(=O)c1[nH]ccc(=S)c1C#N. The van der Waals surface area contributed by atoms with E-state index in [1.807, 2.05) is 6.07 Å². The first-order valence-corrected chi connectivity index (χ1v) is 4.40. The van der Waals surface area contributed by atoms with Crippen LogP contribution in [0.25, 0.3) is 0 Å². The van der Waals surface area contributed by atoms with Crippen molar-refractivity contribution < 1.29 is 9.53 Å². The number of ether oxygens (including phenoxy) is 1. The monoisotopic (exact) mass is 208 g/mol. The van der Waals surface area contributed by atoms with Gasteiger partial charge in [0, 0.05) is 6.20 Å². The molecular formula is C9H8N2O2S. The molecule has 0 saturated carbocycles. The van der Waals surface area contributed by atoms with Gasteiger partial charge in [0.1, 0.15) is 17.3 Å². The van der Waals surface area contributed by atoms with Crippen LogP contribution in [0.3, 0.4) is 0 Å². The molecule has 1 rings (SSSR count). The standard InChI is InChI=1S/C9H8N2O2S/c1-2-13-9(12)8-6(5-10)7(14)3-4-11-8/h3-4H,2H2,1H3,(H,11,14). The summed E-state index contributed by atoms with van der Waals surface area (Å²) in [5.74, 6) is -0.559. The maximum Gasteiger partial charge on any atom is 0.356 e. The molecule has 0 radical (unpaired) electrons. The van der Waals surface area contributed by atoms with Gasteiger partial charge in [0.15, 0.2) is 0 Å². The van der Waals surface area contributed by atoms with E-state index in [-0.39, 0.29) is 17.9 Å². The molecule has 0 aliphatic rings. The first-order chi connectivity index (χ1) is 6.70. The number of esters is 1. The Kier molecular flexibility index (Phi) is 3.37. The summed E-state index contributed by atoms with van der Waals surface area (Å²) in [6.07, 6.45) is 1.51. The highest BCUT2D eigenvalue weighted by Gasteiger charge is 2.13. The molecule has 1 N–H and O–H groups in total. The number of H-pyrrole nitrogens is 1. The minimum Gasteiger partial charge on any atom is -0.461 e. The number of pyridine rings is 1. The smallest absolute Gasteiger partial charge is 0.356 e. The van der Waals surface area contributed by atoms with E-state index in [4.69, 9.17) is 22.2 Å². The first-order valence-electron chi connectivity index (χ1n) is 3.99. The van der Waals surface area contributed by atoms with Crippen LogP contribution < -0.4 is 0 Å². The minimum atomic E-state index is -0.559. The largest absolute Gasteiger partial charge is 0.461 e. The van der Waals surface area contributed by atoms with E-state index in [9.17, 15) is 4.79 Å². The van der Waals surface area contributed by atoms with Crippen molar-refractivity contribution in [2.75, 3.05) is 6.61 Å². The van der Waals surface area contributed by atoms with E-state index in [0.29, 0.717) is 4.51 Å². The third-order valence-electron chi connectivity index (χ3n) is 1.55. The molecule has 5 heteroatoms. The summed E-state index contributed by atoms with van der Waals surface area (Å²) in [4.78, 5) is 14.0. The van der Waals surface area contributed by atoms with Crippen molar-refractivity contribution in [1.29, 1.82) is 5.26 Å². The zero-order valence-corrected chi connectivity index (χ0v) is 8.35. The van der Waals surface area contributed by atoms with E-state index >= 15 is 0 Å². The number of carbonyl (C=O) groups is 1. The van der Waals surface area contributed by atoms with Crippen LogP contribution in [0.15, 0.2) is 12.3 Å². The number of nitriles is 1. The fraction of sp³-hybridized carbons (Fsp3) is 0.222.